The third-order valence-electron chi connectivity index (χ3n) is 2.64. The van der Waals surface area contributed by atoms with E-state index in [1.165, 1.54) is 6.07 Å². The Morgan fingerprint density at radius 3 is 2.25 bits per heavy atom. The van der Waals surface area contributed by atoms with Gasteiger partial charge in [0.25, 0.3) is 0 Å². The molecule has 20 heavy (non-hydrogen) atoms. The molecule has 2 rings (SSSR count). The summed E-state index contributed by atoms with van der Waals surface area (Å²) in [5, 5.41) is 4.82. The Labute approximate surface area is 115 Å². The molecule has 0 radical (unpaired) electrons. The largest absolute Gasteiger partial charge is 0.344 e. The first kappa shape index (κ1) is 13.7. The lowest BCUT2D eigenvalue weighted by Crippen LogP contribution is -2.35. The van der Waals surface area contributed by atoms with E-state index < -0.39 is 17.6 Å². The van der Waals surface area contributed by atoms with Crippen molar-refractivity contribution in [1.82, 2.24) is 5.32 Å². The van der Waals surface area contributed by atoms with Crippen molar-refractivity contribution in [2.75, 3.05) is 5.32 Å². The fraction of sp³-hybridized carbons (Fsp3) is 0.0667. The molecule has 0 aromatic heterocycles. The minimum absolute atomic E-state index is 0.0340. The van der Waals surface area contributed by atoms with E-state index in [1.807, 2.05) is 0 Å². The maximum atomic E-state index is 13.3. The molecule has 0 atom stereocenters. The van der Waals surface area contributed by atoms with Gasteiger partial charge in [0.1, 0.15) is 5.82 Å². The van der Waals surface area contributed by atoms with E-state index in [4.69, 9.17) is 0 Å². The van der Waals surface area contributed by atoms with Gasteiger partial charge < -0.3 is 10.6 Å². The summed E-state index contributed by atoms with van der Waals surface area (Å²) in [4.78, 5) is 23.2. The van der Waals surface area contributed by atoms with E-state index in [-0.39, 0.29) is 6.54 Å². The smallest absolute Gasteiger partial charge is 0.313 e. The Morgan fingerprint density at radius 1 is 0.900 bits per heavy atom. The molecule has 2 aromatic rings. The average molecular weight is 272 g/mol. The molecule has 0 aliphatic heterocycles. The molecule has 5 heteroatoms. The highest BCUT2D eigenvalue weighted by atomic mass is 19.1. The van der Waals surface area contributed by atoms with Gasteiger partial charge in [0, 0.05) is 17.8 Å². The monoisotopic (exact) mass is 272 g/mol. The van der Waals surface area contributed by atoms with Crippen molar-refractivity contribution in [1.29, 1.82) is 0 Å². The summed E-state index contributed by atoms with van der Waals surface area (Å²) in [6, 6.07) is 14.7. The van der Waals surface area contributed by atoms with E-state index in [0.29, 0.717) is 11.3 Å². The quantitative estimate of drug-likeness (QED) is 0.840. The van der Waals surface area contributed by atoms with E-state index in [2.05, 4.69) is 10.6 Å². The molecule has 2 amide bonds. The molecule has 0 saturated heterocycles. The molecule has 0 unspecified atom stereocenters. The lowest BCUT2D eigenvalue weighted by molar-refractivity contribution is -0.136. The summed E-state index contributed by atoms with van der Waals surface area (Å²) >= 11 is 0. The highest BCUT2D eigenvalue weighted by molar-refractivity contribution is 6.39. The average Bonchev–Trinajstić information content (AvgIpc) is 2.47. The van der Waals surface area contributed by atoms with Crippen LogP contribution in [0.15, 0.2) is 54.6 Å². The maximum absolute atomic E-state index is 13.3. The number of halogens is 1. The first-order chi connectivity index (χ1) is 9.66. The second-order valence-electron chi connectivity index (χ2n) is 4.09. The minimum Gasteiger partial charge on any atom is -0.344 e. The standard InChI is InChI=1S/C15H13FN2O2/c16-13-9-5-4-6-11(13)10-17-14(19)15(20)18-12-7-2-1-3-8-12/h1-9H,10H2,(H,17,19)(H,18,20). The van der Waals surface area contributed by atoms with Crippen molar-refractivity contribution in [3.05, 3.63) is 66.0 Å². The van der Waals surface area contributed by atoms with Crippen LogP contribution in [0.5, 0.6) is 0 Å². The van der Waals surface area contributed by atoms with Crippen LogP contribution < -0.4 is 10.6 Å². The normalized spacial score (nSPS) is 9.85. The van der Waals surface area contributed by atoms with Gasteiger partial charge in [-0.2, -0.15) is 0 Å². The Balaban J connectivity index is 1.89. The number of benzene rings is 2. The molecule has 0 bridgehead atoms. The lowest BCUT2D eigenvalue weighted by Gasteiger charge is -2.07. The predicted octanol–water partition coefficient (Wildman–Crippen LogP) is 2.08. The Hall–Kier alpha value is -2.69. The van der Waals surface area contributed by atoms with Gasteiger partial charge in [-0.15, -0.1) is 0 Å². The van der Waals surface area contributed by atoms with Gasteiger partial charge in [-0.1, -0.05) is 36.4 Å². The van der Waals surface area contributed by atoms with Gasteiger partial charge >= 0.3 is 11.8 Å². The summed E-state index contributed by atoms with van der Waals surface area (Å²) in [5.41, 5.74) is 0.854. The maximum Gasteiger partial charge on any atom is 0.313 e. The summed E-state index contributed by atoms with van der Waals surface area (Å²) in [6.45, 7) is -0.0340. The molecule has 0 saturated carbocycles. The fourth-order valence-corrected chi connectivity index (χ4v) is 1.61. The summed E-state index contributed by atoms with van der Waals surface area (Å²) in [7, 11) is 0. The van der Waals surface area contributed by atoms with Crippen molar-refractivity contribution in [3.8, 4) is 0 Å². The number of nitrogens with one attached hydrogen (secondary N) is 2. The molecule has 0 spiro atoms. The van der Waals surface area contributed by atoms with E-state index >= 15 is 0 Å². The van der Waals surface area contributed by atoms with Crippen LogP contribution in [0.4, 0.5) is 10.1 Å². The van der Waals surface area contributed by atoms with Gasteiger partial charge in [-0.3, -0.25) is 9.59 Å². The van der Waals surface area contributed by atoms with Crippen LogP contribution in [0.25, 0.3) is 0 Å². The number of carbonyl (C=O) groups is 2. The van der Waals surface area contributed by atoms with Gasteiger partial charge in [0.2, 0.25) is 0 Å². The number of para-hydroxylation sites is 1. The minimum atomic E-state index is -0.808. The van der Waals surface area contributed by atoms with Gasteiger partial charge in [-0.25, -0.2) is 4.39 Å². The molecule has 0 heterocycles. The number of carbonyl (C=O) groups excluding carboxylic acids is 2. The van der Waals surface area contributed by atoms with Gasteiger partial charge in [-0.05, 0) is 18.2 Å². The first-order valence-corrected chi connectivity index (χ1v) is 6.04. The number of rotatable bonds is 3. The highest BCUT2D eigenvalue weighted by Crippen LogP contribution is 2.06. The zero-order chi connectivity index (χ0) is 14.4. The van der Waals surface area contributed by atoms with E-state index in [1.54, 1.807) is 48.5 Å². The summed E-state index contributed by atoms with van der Waals surface area (Å²) < 4.78 is 13.3. The Morgan fingerprint density at radius 2 is 1.55 bits per heavy atom. The van der Waals surface area contributed by atoms with Gasteiger partial charge in [0.05, 0.1) is 0 Å². The Kier molecular flexibility index (Phi) is 4.44. The SMILES string of the molecule is O=C(NCc1ccccc1F)C(=O)Nc1ccccc1. The second kappa shape index (κ2) is 6.47. The number of amides is 2. The molecule has 0 fully saturated rings. The molecular weight excluding hydrogens is 259 g/mol. The first-order valence-electron chi connectivity index (χ1n) is 6.04. The predicted molar refractivity (Wildman–Crippen MR) is 73.3 cm³/mol. The molecular formula is C15H13FN2O2. The Bertz CT molecular complexity index is 614. The van der Waals surface area contributed by atoms with Crippen LogP contribution in [-0.2, 0) is 16.1 Å². The van der Waals surface area contributed by atoms with Crippen LogP contribution in [0.2, 0.25) is 0 Å². The van der Waals surface area contributed by atoms with E-state index in [0.717, 1.165) is 0 Å². The second-order valence-corrected chi connectivity index (χ2v) is 4.09. The van der Waals surface area contributed by atoms with Crippen LogP contribution in [-0.4, -0.2) is 11.8 Å². The van der Waals surface area contributed by atoms with Crippen molar-refractivity contribution >= 4 is 17.5 Å². The number of hydrogen-bond acceptors (Lipinski definition) is 2. The van der Waals surface area contributed by atoms with Gasteiger partial charge in [0.15, 0.2) is 0 Å². The van der Waals surface area contributed by atoms with Crippen LogP contribution in [0.1, 0.15) is 5.56 Å². The lowest BCUT2D eigenvalue weighted by atomic mass is 10.2. The fourth-order valence-electron chi connectivity index (χ4n) is 1.61. The van der Waals surface area contributed by atoms with Crippen molar-refractivity contribution in [2.45, 2.75) is 6.54 Å². The number of anilines is 1. The molecule has 102 valence electrons. The van der Waals surface area contributed by atoms with Crippen LogP contribution >= 0.6 is 0 Å². The van der Waals surface area contributed by atoms with Crippen LogP contribution in [0.3, 0.4) is 0 Å². The van der Waals surface area contributed by atoms with Crippen molar-refractivity contribution in [3.63, 3.8) is 0 Å². The third kappa shape index (κ3) is 3.65. The molecule has 2 aromatic carbocycles. The number of hydrogen-bond donors (Lipinski definition) is 2. The molecule has 0 aliphatic carbocycles. The molecule has 0 aliphatic rings. The van der Waals surface area contributed by atoms with E-state index in [9.17, 15) is 14.0 Å². The highest BCUT2D eigenvalue weighted by Gasteiger charge is 2.13. The zero-order valence-electron chi connectivity index (χ0n) is 10.6. The van der Waals surface area contributed by atoms with Crippen molar-refractivity contribution in [2.24, 2.45) is 0 Å². The topological polar surface area (TPSA) is 58.2 Å². The third-order valence-corrected chi connectivity index (χ3v) is 2.64. The molecule has 4 nitrogen and oxygen atoms in total. The van der Waals surface area contributed by atoms with Crippen molar-refractivity contribution < 1.29 is 14.0 Å². The summed E-state index contributed by atoms with van der Waals surface area (Å²) in [5.74, 6) is -2.01. The summed E-state index contributed by atoms with van der Waals surface area (Å²) in [6.07, 6.45) is 0. The van der Waals surface area contributed by atoms with Crippen LogP contribution in [0, 0.1) is 5.82 Å². The molecule has 2 N–H and O–H groups in total. The zero-order valence-corrected chi connectivity index (χ0v) is 10.6.